The topological polar surface area (TPSA) is 15.8 Å². The van der Waals surface area contributed by atoms with Crippen molar-refractivity contribution in [3.63, 3.8) is 0 Å². The van der Waals surface area contributed by atoms with E-state index in [1.165, 1.54) is 6.20 Å². The number of H-pyrrole nitrogens is 1. The molecule has 1 N–H and O–H groups in total. The summed E-state index contributed by atoms with van der Waals surface area (Å²) in [6.07, 6.45) is -2.99. The number of aromatic amines is 1. The maximum atomic E-state index is 12.5. The second-order valence-corrected chi connectivity index (χ2v) is 3.74. The summed E-state index contributed by atoms with van der Waals surface area (Å²) in [5.41, 5.74) is -0.610. The Morgan fingerprint density at radius 2 is 1.80 bits per heavy atom. The Bertz CT molecular complexity index is 516. The first kappa shape index (κ1) is 10.6. The number of benzene rings is 1. The lowest BCUT2D eigenvalue weighted by molar-refractivity contribution is -0.137. The van der Waals surface area contributed by atoms with E-state index in [9.17, 15) is 13.2 Å². The van der Waals surface area contributed by atoms with Gasteiger partial charge in [0.05, 0.1) is 15.6 Å². The van der Waals surface area contributed by atoms with Gasteiger partial charge in [-0.3, -0.25) is 0 Å². The average molecular weight is 254 g/mol. The molecular weight excluding hydrogens is 250 g/mol. The highest BCUT2D eigenvalue weighted by Gasteiger charge is 2.34. The van der Waals surface area contributed by atoms with Crippen molar-refractivity contribution in [3.05, 3.63) is 33.9 Å². The third kappa shape index (κ3) is 1.68. The summed E-state index contributed by atoms with van der Waals surface area (Å²) in [5, 5.41) is -0.0614. The van der Waals surface area contributed by atoms with Crippen LogP contribution in [0.4, 0.5) is 13.2 Å². The number of rotatable bonds is 0. The van der Waals surface area contributed by atoms with Crippen molar-refractivity contribution in [1.29, 1.82) is 0 Å². The van der Waals surface area contributed by atoms with Gasteiger partial charge in [0.15, 0.2) is 0 Å². The minimum Gasteiger partial charge on any atom is -0.361 e. The van der Waals surface area contributed by atoms with E-state index >= 15 is 0 Å². The lowest BCUT2D eigenvalue weighted by Crippen LogP contribution is -2.06. The van der Waals surface area contributed by atoms with Crippen LogP contribution in [-0.2, 0) is 6.18 Å². The van der Waals surface area contributed by atoms with E-state index in [0.717, 1.165) is 6.07 Å². The predicted octanol–water partition coefficient (Wildman–Crippen LogP) is 4.49. The van der Waals surface area contributed by atoms with Gasteiger partial charge in [0.25, 0.3) is 0 Å². The zero-order chi connectivity index (χ0) is 11.2. The maximum Gasteiger partial charge on any atom is 0.417 e. The molecule has 6 heteroatoms. The number of hydrogen-bond acceptors (Lipinski definition) is 0. The number of aromatic nitrogens is 1. The van der Waals surface area contributed by atoms with Crippen LogP contribution < -0.4 is 0 Å². The van der Waals surface area contributed by atoms with Gasteiger partial charge in [-0.05, 0) is 12.1 Å². The summed E-state index contributed by atoms with van der Waals surface area (Å²) in [6, 6.07) is 2.52. The van der Waals surface area contributed by atoms with E-state index in [4.69, 9.17) is 23.2 Å². The summed E-state index contributed by atoms with van der Waals surface area (Å²) < 4.78 is 37.5. The van der Waals surface area contributed by atoms with Crippen molar-refractivity contribution in [3.8, 4) is 0 Å². The Morgan fingerprint density at radius 3 is 2.40 bits per heavy atom. The molecule has 1 heterocycles. The minimum absolute atomic E-state index is 0.0808. The van der Waals surface area contributed by atoms with E-state index < -0.39 is 16.8 Å². The normalized spacial score (nSPS) is 12.3. The molecule has 0 aliphatic rings. The molecule has 0 spiro atoms. The second-order valence-electron chi connectivity index (χ2n) is 2.99. The molecule has 15 heavy (non-hydrogen) atoms. The van der Waals surface area contributed by atoms with Gasteiger partial charge < -0.3 is 4.98 Å². The molecule has 0 aliphatic carbocycles. The molecule has 0 aliphatic heterocycles. The van der Waals surface area contributed by atoms with E-state index in [1.807, 2.05) is 0 Å². The molecule has 1 aromatic heterocycles. The van der Waals surface area contributed by atoms with E-state index in [-0.39, 0.29) is 5.02 Å². The van der Waals surface area contributed by atoms with Gasteiger partial charge in [0.2, 0.25) is 0 Å². The average Bonchev–Trinajstić information content (AvgIpc) is 2.57. The zero-order valence-electron chi connectivity index (χ0n) is 7.12. The standard InChI is InChI=1S/C9H4Cl2F3N/c10-7-4-1-2-15-6(4)3-5(8(7)11)9(12,13)14/h1-3,15H. The van der Waals surface area contributed by atoms with Crippen LogP contribution in [-0.4, -0.2) is 4.98 Å². The molecule has 0 radical (unpaired) electrons. The number of fused-ring (bicyclic) bond motifs is 1. The monoisotopic (exact) mass is 253 g/mol. The Labute approximate surface area is 92.8 Å². The lowest BCUT2D eigenvalue weighted by atomic mass is 10.1. The largest absolute Gasteiger partial charge is 0.417 e. The molecule has 1 aromatic carbocycles. The molecule has 80 valence electrons. The lowest BCUT2D eigenvalue weighted by Gasteiger charge is -2.10. The summed E-state index contributed by atoms with van der Waals surface area (Å²) in [5.74, 6) is 0. The molecule has 0 amide bonds. The van der Waals surface area contributed by atoms with Crippen LogP contribution in [0.2, 0.25) is 10.0 Å². The predicted molar refractivity (Wildman–Crippen MR) is 53.3 cm³/mol. The van der Waals surface area contributed by atoms with E-state index in [2.05, 4.69) is 4.98 Å². The Morgan fingerprint density at radius 1 is 1.13 bits per heavy atom. The second kappa shape index (κ2) is 3.32. The SMILES string of the molecule is FC(F)(F)c1cc2[nH]ccc2c(Cl)c1Cl. The third-order valence-corrected chi connectivity index (χ3v) is 2.92. The maximum absolute atomic E-state index is 12.5. The fourth-order valence-electron chi connectivity index (χ4n) is 1.34. The first-order valence-electron chi connectivity index (χ1n) is 3.93. The Balaban J connectivity index is 2.82. The summed E-state index contributed by atoms with van der Waals surface area (Å²) in [4.78, 5) is 2.66. The summed E-state index contributed by atoms with van der Waals surface area (Å²) in [6.45, 7) is 0. The van der Waals surface area contributed by atoms with Gasteiger partial charge in [0.1, 0.15) is 0 Å². The van der Waals surface area contributed by atoms with E-state index in [1.54, 1.807) is 6.07 Å². The highest BCUT2D eigenvalue weighted by Crippen LogP contribution is 2.41. The smallest absolute Gasteiger partial charge is 0.361 e. The highest BCUT2D eigenvalue weighted by molar-refractivity contribution is 6.45. The molecule has 2 aromatic rings. The molecule has 0 fully saturated rings. The van der Waals surface area contributed by atoms with Crippen molar-refractivity contribution in [2.24, 2.45) is 0 Å². The molecule has 2 rings (SSSR count). The van der Waals surface area contributed by atoms with Crippen molar-refractivity contribution in [2.45, 2.75) is 6.18 Å². The number of halogens is 5. The van der Waals surface area contributed by atoms with Crippen LogP contribution in [0, 0.1) is 0 Å². The molecule has 1 nitrogen and oxygen atoms in total. The first-order valence-corrected chi connectivity index (χ1v) is 4.69. The Hall–Kier alpha value is -0.870. The summed E-state index contributed by atoms with van der Waals surface area (Å²) in [7, 11) is 0. The van der Waals surface area contributed by atoms with Crippen molar-refractivity contribution in [2.75, 3.05) is 0 Å². The highest BCUT2D eigenvalue weighted by atomic mass is 35.5. The van der Waals surface area contributed by atoms with Crippen molar-refractivity contribution >= 4 is 34.1 Å². The van der Waals surface area contributed by atoms with Crippen LogP contribution in [0.25, 0.3) is 10.9 Å². The fraction of sp³-hybridized carbons (Fsp3) is 0.111. The number of nitrogens with one attached hydrogen (secondary N) is 1. The van der Waals surface area contributed by atoms with Gasteiger partial charge in [-0.25, -0.2) is 0 Å². The van der Waals surface area contributed by atoms with Crippen molar-refractivity contribution < 1.29 is 13.2 Å². The molecule has 0 atom stereocenters. The van der Waals surface area contributed by atoms with Gasteiger partial charge in [0, 0.05) is 17.1 Å². The van der Waals surface area contributed by atoms with Gasteiger partial charge in [-0.2, -0.15) is 13.2 Å². The van der Waals surface area contributed by atoms with E-state index in [0.29, 0.717) is 10.9 Å². The third-order valence-electron chi connectivity index (χ3n) is 2.04. The molecular formula is C9H4Cl2F3N. The van der Waals surface area contributed by atoms with Crippen LogP contribution in [0.1, 0.15) is 5.56 Å². The molecule has 0 bridgehead atoms. The molecule has 0 unspecified atom stereocenters. The molecule has 0 saturated heterocycles. The quantitative estimate of drug-likeness (QED) is 0.712. The van der Waals surface area contributed by atoms with Crippen LogP contribution in [0.15, 0.2) is 18.3 Å². The Kier molecular flexibility index (Phi) is 2.35. The van der Waals surface area contributed by atoms with Gasteiger partial charge in [-0.15, -0.1) is 0 Å². The zero-order valence-corrected chi connectivity index (χ0v) is 8.63. The fourth-order valence-corrected chi connectivity index (χ4v) is 1.87. The first-order chi connectivity index (χ1) is 6.91. The van der Waals surface area contributed by atoms with Gasteiger partial charge in [-0.1, -0.05) is 23.2 Å². The molecule has 0 saturated carbocycles. The van der Waals surface area contributed by atoms with Crippen LogP contribution >= 0.6 is 23.2 Å². The van der Waals surface area contributed by atoms with Gasteiger partial charge >= 0.3 is 6.18 Å². The number of alkyl halides is 3. The van der Waals surface area contributed by atoms with Crippen LogP contribution in [0.5, 0.6) is 0 Å². The van der Waals surface area contributed by atoms with Crippen LogP contribution in [0.3, 0.4) is 0 Å². The number of hydrogen-bond donors (Lipinski definition) is 1. The minimum atomic E-state index is -4.50. The summed E-state index contributed by atoms with van der Waals surface area (Å²) >= 11 is 11.3. The van der Waals surface area contributed by atoms with Crippen molar-refractivity contribution in [1.82, 2.24) is 4.98 Å².